The number of amides is 1. The molecule has 1 aromatic carbocycles. The SMILES string of the molecule is Nc1nc(N)c(C(O)(CCc2ccc(C(=O)N[C@@H](CCC(=O)O)C(=O)O)cc2)C(=O)O)c(=O)[nH]1. The monoisotopic (exact) mass is 477 g/mol. The number of carbonyl (C=O) groups is 4. The van der Waals surface area contributed by atoms with Crippen molar-refractivity contribution < 1.29 is 39.6 Å². The first-order chi connectivity index (χ1) is 15.8. The van der Waals surface area contributed by atoms with Crippen molar-refractivity contribution >= 4 is 35.6 Å². The lowest BCUT2D eigenvalue weighted by molar-refractivity contribution is -0.160. The molecule has 2 aromatic rings. The van der Waals surface area contributed by atoms with Crippen LogP contribution >= 0.6 is 0 Å². The number of nitrogens with zero attached hydrogens (tertiary/aromatic N) is 1. The Bertz CT molecular complexity index is 1160. The molecule has 0 radical (unpaired) electrons. The average molecular weight is 477 g/mol. The van der Waals surface area contributed by atoms with Crippen molar-refractivity contribution in [3.05, 3.63) is 51.3 Å². The van der Waals surface area contributed by atoms with Crippen molar-refractivity contribution in [3.8, 4) is 0 Å². The van der Waals surface area contributed by atoms with E-state index in [4.69, 9.17) is 21.7 Å². The number of anilines is 2. The summed E-state index contributed by atoms with van der Waals surface area (Å²) in [6.07, 6.45) is -1.27. The Morgan fingerprint density at radius 2 is 1.71 bits per heavy atom. The van der Waals surface area contributed by atoms with Gasteiger partial charge in [-0.2, -0.15) is 4.98 Å². The molecule has 1 aromatic heterocycles. The number of aromatic nitrogens is 2. The summed E-state index contributed by atoms with van der Waals surface area (Å²) in [5.74, 6) is -5.95. The van der Waals surface area contributed by atoms with Crippen LogP contribution in [0.2, 0.25) is 0 Å². The maximum atomic E-state index is 12.3. The number of carboxylic acid groups (broad SMARTS) is 3. The number of aliphatic carboxylic acids is 3. The van der Waals surface area contributed by atoms with Gasteiger partial charge in [-0.25, -0.2) is 9.59 Å². The second kappa shape index (κ2) is 10.4. The molecule has 1 unspecified atom stereocenters. The Kier molecular flexibility index (Phi) is 7.92. The minimum Gasteiger partial charge on any atom is -0.481 e. The fraction of sp³-hybridized carbons (Fsp3) is 0.300. The predicted octanol–water partition coefficient (Wildman–Crippen LogP) is -1.11. The second-order valence-corrected chi connectivity index (χ2v) is 7.37. The van der Waals surface area contributed by atoms with Crippen molar-refractivity contribution in [2.24, 2.45) is 0 Å². The number of nitrogens with one attached hydrogen (secondary N) is 2. The van der Waals surface area contributed by atoms with Crippen LogP contribution < -0.4 is 22.3 Å². The molecule has 1 amide bonds. The number of rotatable bonds is 11. The molecule has 0 fully saturated rings. The number of hydrogen-bond acceptors (Lipinski definition) is 9. The van der Waals surface area contributed by atoms with Crippen LogP contribution in [0.3, 0.4) is 0 Å². The summed E-state index contributed by atoms with van der Waals surface area (Å²) < 4.78 is 0. The van der Waals surface area contributed by atoms with Gasteiger partial charge < -0.3 is 37.2 Å². The van der Waals surface area contributed by atoms with Crippen LogP contribution in [0.15, 0.2) is 29.1 Å². The molecule has 10 N–H and O–H groups in total. The molecular formula is C20H23N5O9. The molecule has 0 aliphatic carbocycles. The quantitative estimate of drug-likeness (QED) is 0.191. The zero-order valence-corrected chi connectivity index (χ0v) is 17.6. The van der Waals surface area contributed by atoms with E-state index in [1.807, 2.05) is 0 Å². The van der Waals surface area contributed by atoms with Crippen LogP contribution in [0, 0.1) is 0 Å². The van der Waals surface area contributed by atoms with Crippen molar-refractivity contribution in [1.29, 1.82) is 0 Å². The lowest BCUT2D eigenvalue weighted by Crippen LogP contribution is -2.42. The highest BCUT2D eigenvalue weighted by Gasteiger charge is 2.42. The van der Waals surface area contributed by atoms with E-state index in [2.05, 4.69) is 15.3 Å². The number of nitrogen functional groups attached to an aromatic ring is 2. The summed E-state index contributed by atoms with van der Waals surface area (Å²) in [6, 6.07) is 4.17. The molecule has 2 atom stereocenters. The number of carbonyl (C=O) groups excluding carboxylic acids is 1. The van der Waals surface area contributed by atoms with Gasteiger partial charge in [-0.3, -0.25) is 19.4 Å². The molecule has 14 nitrogen and oxygen atoms in total. The third kappa shape index (κ3) is 6.07. The van der Waals surface area contributed by atoms with Crippen LogP contribution in [0.1, 0.15) is 40.7 Å². The normalized spacial score (nSPS) is 13.4. The minimum atomic E-state index is -2.67. The Morgan fingerprint density at radius 1 is 1.09 bits per heavy atom. The van der Waals surface area contributed by atoms with Crippen LogP contribution in [-0.4, -0.2) is 60.3 Å². The van der Waals surface area contributed by atoms with Crippen LogP contribution in [0.25, 0.3) is 0 Å². The van der Waals surface area contributed by atoms with Crippen LogP contribution in [0.5, 0.6) is 0 Å². The highest BCUT2D eigenvalue weighted by Crippen LogP contribution is 2.28. The number of benzene rings is 1. The van der Waals surface area contributed by atoms with Crippen LogP contribution in [-0.2, 0) is 26.4 Å². The molecule has 0 saturated heterocycles. The molecule has 0 aliphatic rings. The first-order valence-corrected chi connectivity index (χ1v) is 9.81. The lowest BCUT2D eigenvalue weighted by atomic mass is 9.88. The summed E-state index contributed by atoms with van der Waals surface area (Å²) in [6.45, 7) is 0. The van der Waals surface area contributed by atoms with Gasteiger partial charge in [0, 0.05) is 12.0 Å². The van der Waals surface area contributed by atoms with Gasteiger partial charge in [0.15, 0.2) is 5.60 Å². The molecule has 0 saturated carbocycles. The Balaban J connectivity index is 2.15. The van der Waals surface area contributed by atoms with E-state index >= 15 is 0 Å². The van der Waals surface area contributed by atoms with Crippen LogP contribution in [0.4, 0.5) is 11.8 Å². The maximum Gasteiger partial charge on any atom is 0.340 e. The number of H-pyrrole nitrogens is 1. The standard InChI is InChI=1S/C20H23N5O9/c21-14-13(16(29)25-19(22)24-14)20(34,18(32)33)8-7-9-1-3-10(4-2-9)15(28)23-11(17(30)31)5-6-12(26)27/h1-4,11,34H,5-8H2,(H,23,28)(H,26,27)(H,30,31)(H,32,33)(H5,21,22,24,25,29)/t11-,20?/m0/s1. The Hall–Kier alpha value is -4.46. The van der Waals surface area contributed by atoms with Gasteiger partial charge in [-0.05, 0) is 37.0 Å². The van der Waals surface area contributed by atoms with E-state index in [0.29, 0.717) is 5.56 Å². The van der Waals surface area contributed by atoms with Gasteiger partial charge in [-0.15, -0.1) is 0 Å². The zero-order chi connectivity index (χ0) is 25.6. The summed E-state index contributed by atoms with van der Waals surface area (Å²) in [5, 5.41) is 40.3. The van der Waals surface area contributed by atoms with Crippen molar-refractivity contribution in [2.75, 3.05) is 11.5 Å². The molecule has 14 heteroatoms. The second-order valence-electron chi connectivity index (χ2n) is 7.37. The van der Waals surface area contributed by atoms with E-state index in [9.17, 15) is 34.2 Å². The number of hydrogen-bond donors (Lipinski definition) is 8. The average Bonchev–Trinajstić information content (AvgIpc) is 2.74. The Labute approximate surface area is 191 Å². The third-order valence-electron chi connectivity index (χ3n) is 4.97. The smallest absolute Gasteiger partial charge is 0.340 e. The Morgan fingerprint density at radius 3 is 2.21 bits per heavy atom. The zero-order valence-electron chi connectivity index (χ0n) is 17.6. The van der Waals surface area contributed by atoms with Gasteiger partial charge in [0.2, 0.25) is 5.95 Å². The van der Waals surface area contributed by atoms with Gasteiger partial charge in [0.25, 0.3) is 11.5 Å². The first kappa shape index (κ1) is 25.8. The molecule has 0 bridgehead atoms. The van der Waals surface area contributed by atoms with Crippen molar-refractivity contribution in [2.45, 2.75) is 37.3 Å². The van der Waals surface area contributed by atoms with Crippen molar-refractivity contribution in [3.63, 3.8) is 0 Å². The number of carboxylic acids is 3. The molecule has 0 spiro atoms. The first-order valence-electron chi connectivity index (χ1n) is 9.81. The molecule has 2 rings (SSSR count). The molecule has 1 heterocycles. The topological polar surface area (TPSA) is 259 Å². The van der Waals surface area contributed by atoms with E-state index in [1.165, 1.54) is 24.3 Å². The minimum absolute atomic E-state index is 0.0513. The molecule has 182 valence electrons. The summed E-state index contributed by atoms with van der Waals surface area (Å²) >= 11 is 0. The molecule has 0 aliphatic heterocycles. The summed E-state index contributed by atoms with van der Waals surface area (Å²) in [4.78, 5) is 63.8. The van der Waals surface area contributed by atoms with Gasteiger partial charge in [0.1, 0.15) is 17.4 Å². The number of aromatic amines is 1. The summed E-state index contributed by atoms with van der Waals surface area (Å²) in [7, 11) is 0. The fourth-order valence-electron chi connectivity index (χ4n) is 3.16. The highest BCUT2D eigenvalue weighted by molar-refractivity contribution is 5.96. The van der Waals surface area contributed by atoms with E-state index < -0.39 is 65.2 Å². The molecule has 34 heavy (non-hydrogen) atoms. The van der Waals surface area contributed by atoms with E-state index in [1.54, 1.807) is 0 Å². The summed E-state index contributed by atoms with van der Waals surface area (Å²) in [5.41, 5.74) is 7.19. The number of nitrogens with two attached hydrogens (primary N) is 2. The predicted molar refractivity (Wildman–Crippen MR) is 116 cm³/mol. The van der Waals surface area contributed by atoms with Gasteiger partial charge in [0.05, 0.1) is 0 Å². The fourth-order valence-corrected chi connectivity index (χ4v) is 3.16. The van der Waals surface area contributed by atoms with E-state index in [0.717, 1.165) is 0 Å². The third-order valence-corrected chi connectivity index (χ3v) is 4.97. The van der Waals surface area contributed by atoms with Gasteiger partial charge in [-0.1, -0.05) is 12.1 Å². The van der Waals surface area contributed by atoms with E-state index in [-0.39, 0.29) is 24.4 Å². The maximum absolute atomic E-state index is 12.3. The number of aryl methyl sites for hydroxylation is 1. The lowest BCUT2D eigenvalue weighted by Gasteiger charge is -2.24. The largest absolute Gasteiger partial charge is 0.481 e. The molecular weight excluding hydrogens is 454 g/mol. The number of aliphatic hydroxyl groups is 1. The highest BCUT2D eigenvalue weighted by atomic mass is 16.4. The van der Waals surface area contributed by atoms with Gasteiger partial charge >= 0.3 is 17.9 Å². The van der Waals surface area contributed by atoms with Crippen molar-refractivity contribution in [1.82, 2.24) is 15.3 Å².